The zero-order chi connectivity index (χ0) is 15.2. The first-order valence-electron chi connectivity index (χ1n) is 6.40. The van der Waals surface area contributed by atoms with E-state index in [1.165, 1.54) is 12.1 Å². The zero-order valence-corrected chi connectivity index (χ0v) is 11.1. The molecule has 0 aliphatic carbocycles. The highest BCUT2D eigenvalue weighted by Crippen LogP contribution is 2.14. The minimum absolute atomic E-state index is 0.0920. The third-order valence-electron chi connectivity index (χ3n) is 3.05. The molecule has 0 heterocycles. The average Bonchev–Trinajstić information content (AvgIpc) is 2.53. The van der Waals surface area contributed by atoms with Crippen LogP contribution in [0.4, 0.5) is 4.48 Å². The van der Waals surface area contributed by atoms with Gasteiger partial charge in [0.1, 0.15) is 0 Å². The molecule has 2 aromatic carbocycles. The van der Waals surface area contributed by atoms with Crippen molar-refractivity contribution in [2.24, 2.45) is 0 Å². The van der Waals surface area contributed by atoms with Crippen LogP contribution >= 0.6 is 0 Å². The third-order valence-corrected chi connectivity index (χ3v) is 3.05. The van der Waals surface area contributed by atoms with E-state index in [9.17, 15) is 14.1 Å². The van der Waals surface area contributed by atoms with Crippen LogP contribution in [0.15, 0.2) is 60.7 Å². The number of carbonyl (C=O) groups excluding carboxylic acids is 1. The van der Waals surface area contributed by atoms with E-state index in [0.717, 1.165) is 0 Å². The second-order valence-corrected chi connectivity index (χ2v) is 4.53. The molecule has 0 radical (unpaired) electrons. The van der Waals surface area contributed by atoms with Gasteiger partial charge in [0.2, 0.25) is 0 Å². The summed E-state index contributed by atoms with van der Waals surface area (Å²) in [6.45, 7) is 0. The van der Waals surface area contributed by atoms with E-state index in [1.807, 2.05) is 0 Å². The number of aliphatic carboxylic acids is 1. The quantitative estimate of drug-likeness (QED) is 0.860. The van der Waals surface area contributed by atoms with Crippen molar-refractivity contribution in [2.75, 3.05) is 0 Å². The number of rotatable bonds is 5. The predicted octanol–water partition coefficient (Wildman–Crippen LogP) is 2.71. The second kappa shape index (κ2) is 6.65. The summed E-state index contributed by atoms with van der Waals surface area (Å²) in [6, 6.07) is 14.8. The fourth-order valence-electron chi connectivity index (χ4n) is 1.95. The van der Waals surface area contributed by atoms with E-state index in [4.69, 9.17) is 5.11 Å². The monoisotopic (exact) mass is 287 g/mol. The standard InChI is InChI=1S/C16H14FNO3/c17-18(15(19)13-9-5-2-6-10-13)14(16(20)21)11-12-7-3-1-4-8-12/h1-10,14H,11H2,(H,20,21). The number of carboxylic acids is 1. The fraction of sp³-hybridized carbons (Fsp3) is 0.125. The first-order chi connectivity index (χ1) is 10.1. The molecule has 0 fully saturated rings. The highest BCUT2D eigenvalue weighted by Gasteiger charge is 2.31. The van der Waals surface area contributed by atoms with Gasteiger partial charge in [-0.2, -0.15) is 5.12 Å². The number of halogens is 1. The van der Waals surface area contributed by atoms with Crippen molar-refractivity contribution < 1.29 is 19.2 Å². The molecular weight excluding hydrogens is 273 g/mol. The molecule has 0 saturated heterocycles. The van der Waals surface area contributed by atoms with E-state index >= 15 is 0 Å². The topological polar surface area (TPSA) is 57.6 Å². The maximum absolute atomic E-state index is 14.2. The van der Waals surface area contributed by atoms with Crippen LogP contribution in [0.2, 0.25) is 0 Å². The first kappa shape index (κ1) is 14.7. The van der Waals surface area contributed by atoms with Crippen molar-refractivity contribution in [3.8, 4) is 0 Å². The van der Waals surface area contributed by atoms with Crippen molar-refractivity contribution in [3.05, 3.63) is 71.8 Å². The van der Waals surface area contributed by atoms with E-state index < -0.39 is 17.9 Å². The van der Waals surface area contributed by atoms with Crippen LogP contribution in [0.1, 0.15) is 15.9 Å². The van der Waals surface area contributed by atoms with E-state index in [1.54, 1.807) is 48.5 Å². The third kappa shape index (κ3) is 3.66. The van der Waals surface area contributed by atoms with Crippen molar-refractivity contribution in [3.63, 3.8) is 0 Å². The Hall–Kier alpha value is -2.69. The largest absolute Gasteiger partial charge is 0.480 e. The Bertz CT molecular complexity index is 616. The molecule has 1 amide bonds. The summed E-state index contributed by atoms with van der Waals surface area (Å²) in [7, 11) is 0. The average molecular weight is 287 g/mol. The lowest BCUT2D eigenvalue weighted by Crippen LogP contribution is -2.41. The van der Waals surface area contributed by atoms with Gasteiger partial charge in [0, 0.05) is 12.0 Å². The number of amides is 1. The van der Waals surface area contributed by atoms with Gasteiger partial charge in [-0.1, -0.05) is 53.0 Å². The molecule has 0 bridgehead atoms. The SMILES string of the molecule is O=C(O)C(Cc1ccccc1)N(F)C(=O)c1ccccc1. The zero-order valence-electron chi connectivity index (χ0n) is 11.1. The van der Waals surface area contributed by atoms with Gasteiger partial charge in [0.15, 0.2) is 6.04 Å². The summed E-state index contributed by atoms with van der Waals surface area (Å²) in [5.41, 5.74) is 0.757. The molecule has 0 aliphatic rings. The van der Waals surface area contributed by atoms with Crippen LogP contribution in [0, 0.1) is 0 Å². The van der Waals surface area contributed by atoms with Gasteiger partial charge in [-0.15, -0.1) is 0 Å². The second-order valence-electron chi connectivity index (χ2n) is 4.53. The van der Waals surface area contributed by atoms with Crippen LogP contribution in [-0.4, -0.2) is 28.1 Å². The predicted molar refractivity (Wildman–Crippen MR) is 75.3 cm³/mol. The summed E-state index contributed by atoms with van der Waals surface area (Å²) < 4.78 is 14.2. The normalized spacial score (nSPS) is 11.7. The van der Waals surface area contributed by atoms with Crippen LogP contribution in [0.25, 0.3) is 0 Å². The van der Waals surface area contributed by atoms with Crippen molar-refractivity contribution >= 4 is 11.9 Å². The molecule has 4 nitrogen and oxygen atoms in total. The summed E-state index contributed by atoms with van der Waals surface area (Å²) >= 11 is 0. The van der Waals surface area contributed by atoms with Crippen molar-refractivity contribution in [1.29, 1.82) is 0 Å². The van der Waals surface area contributed by atoms with Crippen LogP contribution in [0.3, 0.4) is 0 Å². The summed E-state index contributed by atoms with van der Waals surface area (Å²) in [6.07, 6.45) is -0.0920. The maximum Gasteiger partial charge on any atom is 0.329 e. The summed E-state index contributed by atoms with van der Waals surface area (Å²) in [5.74, 6) is -2.34. The van der Waals surface area contributed by atoms with E-state index in [2.05, 4.69) is 0 Å². The molecule has 2 aromatic rings. The molecule has 0 aromatic heterocycles. The molecule has 21 heavy (non-hydrogen) atoms. The van der Waals surface area contributed by atoms with Gasteiger partial charge in [0.25, 0.3) is 5.91 Å². The Labute approximate surface area is 121 Å². The number of carbonyl (C=O) groups is 2. The molecule has 108 valence electrons. The fourth-order valence-corrected chi connectivity index (χ4v) is 1.95. The summed E-state index contributed by atoms with van der Waals surface area (Å²) in [4.78, 5) is 23.2. The molecule has 0 saturated carbocycles. The van der Waals surface area contributed by atoms with E-state index in [0.29, 0.717) is 5.56 Å². The Morgan fingerprint density at radius 3 is 2.05 bits per heavy atom. The number of nitrogens with zero attached hydrogens (tertiary/aromatic N) is 1. The van der Waals surface area contributed by atoms with Gasteiger partial charge in [-0.3, -0.25) is 4.79 Å². The van der Waals surface area contributed by atoms with Gasteiger partial charge in [0.05, 0.1) is 0 Å². The minimum Gasteiger partial charge on any atom is -0.480 e. The van der Waals surface area contributed by atoms with Gasteiger partial charge >= 0.3 is 5.97 Å². The first-order valence-corrected chi connectivity index (χ1v) is 6.40. The Balaban J connectivity index is 2.18. The van der Waals surface area contributed by atoms with Crippen molar-refractivity contribution in [1.82, 2.24) is 5.12 Å². The lowest BCUT2D eigenvalue weighted by molar-refractivity contribution is -0.147. The van der Waals surface area contributed by atoms with Crippen LogP contribution < -0.4 is 0 Å². The lowest BCUT2D eigenvalue weighted by atomic mass is 10.1. The summed E-state index contributed by atoms with van der Waals surface area (Å²) in [5, 5.41) is 8.95. The smallest absolute Gasteiger partial charge is 0.329 e. The Morgan fingerprint density at radius 2 is 1.52 bits per heavy atom. The van der Waals surface area contributed by atoms with Gasteiger partial charge < -0.3 is 5.11 Å². The van der Waals surface area contributed by atoms with Gasteiger partial charge in [-0.25, -0.2) is 4.79 Å². The number of hydrogen-bond acceptors (Lipinski definition) is 2. The number of carboxylic acid groups (broad SMARTS) is 1. The molecule has 1 atom stereocenters. The highest BCUT2D eigenvalue weighted by atomic mass is 19.2. The number of benzene rings is 2. The molecule has 5 heteroatoms. The van der Waals surface area contributed by atoms with Gasteiger partial charge in [-0.05, 0) is 17.7 Å². The van der Waals surface area contributed by atoms with Crippen molar-refractivity contribution in [2.45, 2.75) is 12.5 Å². The Kier molecular flexibility index (Phi) is 4.66. The van der Waals surface area contributed by atoms with E-state index in [-0.39, 0.29) is 17.1 Å². The highest BCUT2D eigenvalue weighted by molar-refractivity contribution is 5.95. The molecule has 0 aliphatic heterocycles. The molecular formula is C16H14FNO3. The minimum atomic E-state index is -1.56. The molecule has 2 rings (SSSR count). The molecule has 1 unspecified atom stereocenters. The van der Waals surface area contributed by atoms with Crippen LogP contribution in [0.5, 0.6) is 0 Å². The lowest BCUT2D eigenvalue weighted by Gasteiger charge is -2.20. The number of hydrogen-bond donors (Lipinski definition) is 1. The maximum atomic E-state index is 14.2. The molecule has 1 N–H and O–H groups in total. The Morgan fingerprint density at radius 1 is 1.00 bits per heavy atom. The van der Waals surface area contributed by atoms with Crippen LogP contribution in [-0.2, 0) is 11.2 Å². The molecule has 0 spiro atoms.